The van der Waals surface area contributed by atoms with Gasteiger partial charge in [0.05, 0.1) is 0 Å². The Kier molecular flexibility index (Phi) is 4.07. The Hall–Kier alpha value is -0.0400. The third kappa shape index (κ3) is 4.14. The molecule has 1 saturated carbocycles. The van der Waals surface area contributed by atoms with Gasteiger partial charge in [0.25, 0.3) is 0 Å². The van der Waals surface area contributed by atoms with Crippen molar-refractivity contribution in [1.82, 2.24) is 5.32 Å². The molecule has 1 heteroatoms. The Morgan fingerprint density at radius 3 is 2.27 bits per heavy atom. The lowest BCUT2D eigenvalue weighted by atomic mass is 9.74. The van der Waals surface area contributed by atoms with Gasteiger partial charge in [-0.15, -0.1) is 0 Å². The molecular formula is C14H27N. The van der Waals surface area contributed by atoms with Crippen molar-refractivity contribution >= 4 is 0 Å². The molecule has 1 heterocycles. The summed E-state index contributed by atoms with van der Waals surface area (Å²) in [6.45, 7) is 3.83. The fraction of sp³-hybridized carbons (Fsp3) is 1.00. The number of rotatable bonds is 4. The molecule has 88 valence electrons. The second kappa shape index (κ2) is 5.34. The van der Waals surface area contributed by atoms with Crippen LogP contribution in [-0.2, 0) is 0 Å². The summed E-state index contributed by atoms with van der Waals surface area (Å²) in [4.78, 5) is 0. The largest absolute Gasteiger partial charge is 0.311 e. The second-order valence-electron chi connectivity index (χ2n) is 6.08. The molecular weight excluding hydrogens is 182 g/mol. The molecule has 1 saturated heterocycles. The van der Waals surface area contributed by atoms with Gasteiger partial charge in [-0.25, -0.2) is 0 Å². The van der Waals surface area contributed by atoms with Crippen LogP contribution in [0, 0.1) is 5.41 Å². The summed E-state index contributed by atoms with van der Waals surface area (Å²) in [5, 5.41) is 3.41. The maximum atomic E-state index is 3.41. The Labute approximate surface area is 95.0 Å². The predicted octanol–water partition coefficient (Wildman–Crippen LogP) is 3.88. The topological polar surface area (TPSA) is 21.9 Å². The van der Waals surface area contributed by atoms with E-state index < -0.39 is 0 Å². The molecule has 1 nitrogen and oxygen atoms in total. The molecule has 1 aliphatic carbocycles. The molecule has 1 N–H and O–H groups in total. The number of nitrogens with one attached hydrogen (secondary N) is 1. The molecule has 1 unspecified atom stereocenters. The van der Waals surface area contributed by atoms with Gasteiger partial charge in [0.1, 0.15) is 0 Å². The number of hydrogen-bond acceptors (Lipinski definition) is 1. The molecule has 0 radical (unpaired) electrons. The first-order valence-corrected chi connectivity index (χ1v) is 7.02. The standard InChI is InChI=1S/C14H27N/c1-14(11-7-8-13-12-15-13)9-5-3-2-4-6-10-14/h13,15H,2-12H2,1H3. The third-order valence-corrected chi connectivity index (χ3v) is 4.39. The first-order valence-electron chi connectivity index (χ1n) is 7.02. The molecule has 1 atom stereocenters. The van der Waals surface area contributed by atoms with Gasteiger partial charge in [-0.05, 0) is 31.1 Å². The molecule has 0 amide bonds. The van der Waals surface area contributed by atoms with Crippen molar-refractivity contribution in [1.29, 1.82) is 0 Å². The van der Waals surface area contributed by atoms with Crippen LogP contribution in [0.4, 0.5) is 0 Å². The first-order chi connectivity index (χ1) is 7.29. The number of hydrogen-bond donors (Lipinski definition) is 1. The van der Waals surface area contributed by atoms with Gasteiger partial charge in [0, 0.05) is 12.6 Å². The van der Waals surface area contributed by atoms with Crippen LogP contribution in [-0.4, -0.2) is 12.6 Å². The van der Waals surface area contributed by atoms with E-state index >= 15 is 0 Å². The summed E-state index contributed by atoms with van der Waals surface area (Å²) < 4.78 is 0. The normalized spacial score (nSPS) is 30.6. The molecule has 0 bridgehead atoms. The molecule has 1 aliphatic heterocycles. The van der Waals surface area contributed by atoms with E-state index in [1.165, 1.54) is 70.8 Å². The van der Waals surface area contributed by atoms with Crippen molar-refractivity contribution in [2.75, 3.05) is 6.54 Å². The van der Waals surface area contributed by atoms with Crippen molar-refractivity contribution in [3.05, 3.63) is 0 Å². The van der Waals surface area contributed by atoms with Crippen LogP contribution in [0.3, 0.4) is 0 Å². The smallest absolute Gasteiger partial charge is 0.0193 e. The lowest BCUT2D eigenvalue weighted by Crippen LogP contribution is -2.18. The highest BCUT2D eigenvalue weighted by Gasteiger charge is 2.26. The average molecular weight is 209 g/mol. The zero-order valence-corrected chi connectivity index (χ0v) is 10.4. The minimum Gasteiger partial charge on any atom is -0.311 e. The van der Waals surface area contributed by atoms with Crippen molar-refractivity contribution < 1.29 is 0 Å². The third-order valence-electron chi connectivity index (χ3n) is 4.39. The van der Waals surface area contributed by atoms with Crippen LogP contribution < -0.4 is 5.32 Å². The molecule has 2 rings (SSSR count). The highest BCUT2D eigenvalue weighted by atomic mass is 15.1. The van der Waals surface area contributed by atoms with Crippen molar-refractivity contribution in [3.63, 3.8) is 0 Å². The highest BCUT2D eigenvalue weighted by Crippen LogP contribution is 2.38. The van der Waals surface area contributed by atoms with Gasteiger partial charge < -0.3 is 5.32 Å². The lowest BCUT2D eigenvalue weighted by molar-refractivity contribution is 0.212. The van der Waals surface area contributed by atoms with Crippen molar-refractivity contribution in [2.45, 2.75) is 77.2 Å². The molecule has 0 aromatic carbocycles. The molecule has 2 aliphatic rings. The summed E-state index contributed by atoms with van der Waals surface area (Å²) in [5.74, 6) is 0. The Morgan fingerprint density at radius 2 is 1.67 bits per heavy atom. The van der Waals surface area contributed by atoms with E-state index in [0.29, 0.717) is 5.41 Å². The van der Waals surface area contributed by atoms with E-state index in [1.54, 1.807) is 0 Å². The van der Waals surface area contributed by atoms with E-state index in [4.69, 9.17) is 0 Å². The van der Waals surface area contributed by atoms with Crippen LogP contribution in [0.1, 0.15) is 71.1 Å². The first kappa shape index (κ1) is 11.4. The van der Waals surface area contributed by atoms with Gasteiger partial charge in [-0.2, -0.15) is 0 Å². The van der Waals surface area contributed by atoms with E-state index in [1.807, 2.05) is 0 Å². The van der Waals surface area contributed by atoms with Gasteiger partial charge in [-0.3, -0.25) is 0 Å². The maximum absolute atomic E-state index is 3.41. The summed E-state index contributed by atoms with van der Waals surface area (Å²) in [6, 6.07) is 0.891. The molecule has 2 fully saturated rings. The zero-order valence-electron chi connectivity index (χ0n) is 10.4. The zero-order chi connectivity index (χ0) is 10.6. The van der Waals surface area contributed by atoms with E-state index in [2.05, 4.69) is 12.2 Å². The van der Waals surface area contributed by atoms with E-state index in [-0.39, 0.29) is 0 Å². The van der Waals surface area contributed by atoms with Gasteiger partial charge in [0.15, 0.2) is 0 Å². The van der Waals surface area contributed by atoms with Crippen LogP contribution in [0.2, 0.25) is 0 Å². The fourth-order valence-corrected chi connectivity index (χ4v) is 3.07. The summed E-state index contributed by atoms with van der Waals surface area (Å²) in [7, 11) is 0. The quantitative estimate of drug-likeness (QED) is 0.697. The van der Waals surface area contributed by atoms with Crippen LogP contribution in [0.25, 0.3) is 0 Å². The van der Waals surface area contributed by atoms with E-state index in [0.717, 1.165) is 6.04 Å². The second-order valence-corrected chi connectivity index (χ2v) is 6.08. The summed E-state index contributed by atoms with van der Waals surface area (Å²) in [6.07, 6.45) is 14.8. The van der Waals surface area contributed by atoms with Crippen LogP contribution >= 0.6 is 0 Å². The Bertz CT molecular complexity index is 176. The molecule has 15 heavy (non-hydrogen) atoms. The van der Waals surface area contributed by atoms with Crippen molar-refractivity contribution in [2.24, 2.45) is 5.41 Å². The van der Waals surface area contributed by atoms with Crippen molar-refractivity contribution in [3.8, 4) is 0 Å². The Morgan fingerprint density at radius 1 is 1.07 bits per heavy atom. The monoisotopic (exact) mass is 209 g/mol. The minimum atomic E-state index is 0.690. The van der Waals surface area contributed by atoms with E-state index in [9.17, 15) is 0 Å². The molecule has 0 aromatic rings. The molecule has 0 aromatic heterocycles. The summed E-state index contributed by atoms with van der Waals surface area (Å²) >= 11 is 0. The Balaban J connectivity index is 1.69. The lowest BCUT2D eigenvalue weighted by Gasteiger charge is -2.31. The maximum Gasteiger partial charge on any atom is 0.0193 e. The minimum absolute atomic E-state index is 0.690. The average Bonchev–Trinajstić information content (AvgIpc) is 2.96. The molecule has 0 spiro atoms. The van der Waals surface area contributed by atoms with Crippen LogP contribution in [0.15, 0.2) is 0 Å². The van der Waals surface area contributed by atoms with Gasteiger partial charge in [0.2, 0.25) is 0 Å². The summed E-state index contributed by atoms with van der Waals surface area (Å²) in [5.41, 5.74) is 0.690. The van der Waals surface area contributed by atoms with Gasteiger partial charge >= 0.3 is 0 Å². The highest BCUT2D eigenvalue weighted by molar-refractivity contribution is 4.84. The fourth-order valence-electron chi connectivity index (χ4n) is 3.07. The SMILES string of the molecule is CC1(CCCC2CN2)CCCCCCC1. The van der Waals surface area contributed by atoms with Crippen LogP contribution in [0.5, 0.6) is 0 Å². The van der Waals surface area contributed by atoms with Gasteiger partial charge in [-0.1, -0.05) is 45.4 Å². The predicted molar refractivity (Wildman–Crippen MR) is 66.1 cm³/mol.